The molecule has 0 aliphatic carbocycles. The van der Waals surface area contributed by atoms with Crippen LogP contribution in [0.2, 0.25) is 0 Å². The van der Waals surface area contributed by atoms with Crippen LogP contribution in [0.25, 0.3) is 0 Å². The molecule has 5 nitrogen and oxygen atoms in total. The molecule has 1 saturated heterocycles. The predicted molar refractivity (Wildman–Crippen MR) is 91.6 cm³/mol. The molecule has 0 radical (unpaired) electrons. The lowest BCUT2D eigenvalue weighted by molar-refractivity contribution is -0.143. The molecule has 1 fully saturated rings. The van der Waals surface area contributed by atoms with E-state index in [0.29, 0.717) is 44.5 Å². The lowest BCUT2D eigenvalue weighted by atomic mass is 10.2. The Morgan fingerprint density at radius 3 is 2.88 bits per heavy atom. The number of nitrogens with one attached hydrogen (secondary N) is 2. The fourth-order valence-corrected chi connectivity index (χ4v) is 2.73. The van der Waals surface area contributed by atoms with E-state index in [9.17, 15) is 13.2 Å². The molecule has 1 aromatic heterocycles. The van der Waals surface area contributed by atoms with Gasteiger partial charge in [0.25, 0.3) is 0 Å². The van der Waals surface area contributed by atoms with Crippen molar-refractivity contribution < 1.29 is 17.6 Å². The van der Waals surface area contributed by atoms with E-state index in [4.69, 9.17) is 4.42 Å². The Balaban J connectivity index is 1.82. The van der Waals surface area contributed by atoms with Crippen LogP contribution in [0.1, 0.15) is 26.0 Å². The summed E-state index contributed by atoms with van der Waals surface area (Å²) in [7, 11) is 0. The Bertz CT molecular complexity index is 528. The van der Waals surface area contributed by atoms with Crippen molar-refractivity contribution in [2.45, 2.75) is 38.9 Å². The molecule has 1 aromatic rings. The number of guanidine groups is 1. The summed E-state index contributed by atoms with van der Waals surface area (Å²) in [5.41, 5.74) is 0. The van der Waals surface area contributed by atoms with Crippen molar-refractivity contribution in [2.75, 3.05) is 32.7 Å². The summed E-state index contributed by atoms with van der Waals surface area (Å²) in [4.78, 5) is 5.96. The third-order valence-corrected chi connectivity index (χ3v) is 3.87. The summed E-state index contributed by atoms with van der Waals surface area (Å²) in [6.45, 7) is 5.43. The minimum atomic E-state index is -4.15. The van der Waals surface area contributed by atoms with Gasteiger partial charge in [-0.2, -0.15) is 13.2 Å². The Morgan fingerprint density at radius 1 is 1.44 bits per heavy atom. The van der Waals surface area contributed by atoms with Crippen molar-refractivity contribution in [2.24, 2.45) is 10.9 Å². The van der Waals surface area contributed by atoms with Gasteiger partial charge in [-0.1, -0.05) is 13.8 Å². The molecule has 0 bridgehead atoms. The highest BCUT2D eigenvalue weighted by atomic mass is 19.4. The van der Waals surface area contributed by atoms with Crippen LogP contribution in [0.5, 0.6) is 0 Å². The second-order valence-corrected chi connectivity index (χ2v) is 6.82. The first-order valence-electron chi connectivity index (χ1n) is 8.68. The molecule has 2 rings (SSSR count). The molecule has 142 valence electrons. The summed E-state index contributed by atoms with van der Waals surface area (Å²) < 4.78 is 42.8. The van der Waals surface area contributed by atoms with Crippen molar-refractivity contribution >= 4 is 5.96 Å². The molecule has 0 saturated carbocycles. The number of halogens is 3. The van der Waals surface area contributed by atoms with E-state index in [1.807, 2.05) is 12.1 Å². The van der Waals surface area contributed by atoms with Crippen LogP contribution in [0, 0.1) is 5.92 Å². The van der Waals surface area contributed by atoms with Gasteiger partial charge in [-0.05, 0) is 24.5 Å². The first-order chi connectivity index (χ1) is 11.8. The van der Waals surface area contributed by atoms with Gasteiger partial charge in [0.1, 0.15) is 5.76 Å². The molecular formula is C17H27F3N4O. The molecular weight excluding hydrogens is 333 g/mol. The van der Waals surface area contributed by atoms with Gasteiger partial charge in [0.2, 0.25) is 0 Å². The number of aliphatic imine (C=N–C) groups is 1. The molecule has 8 heteroatoms. The van der Waals surface area contributed by atoms with Crippen LogP contribution in [0.4, 0.5) is 13.2 Å². The summed E-state index contributed by atoms with van der Waals surface area (Å²) in [5.74, 6) is 1.95. The molecule has 1 aliphatic rings. The van der Waals surface area contributed by atoms with Crippen LogP contribution in [0.3, 0.4) is 0 Å². The monoisotopic (exact) mass is 360 g/mol. The summed E-state index contributed by atoms with van der Waals surface area (Å²) in [5, 5.41) is 6.51. The standard InChI is InChI=1S/C17H27F3N4O/c1-13(2)10-22-16(21-7-5-15-4-3-9-25-15)23-14-6-8-24(11-14)12-17(18,19)20/h3-4,9,13-14H,5-8,10-12H2,1-2H3,(H2,21,22,23). The van der Waals surface area contributed by atoms with Gasteiger partial charge in [-0.25, -0.2) is 0 Å². The molecule has 2 N–H and O–H groups in total. The maximum Gasteiger partial charge on any atom is 0.401 e. The first-order valence-corrected chi connectivity index (χ1v) is 8.68. The number of nitrogens with zero attached hydrogens (tertiary/aromatic N) is 2. The highest BCUT2D eigenvalue weighted by Crippen LogP contribution is 2.19. The molecule has 0 spiro atoms. The normalized spacial score (nSPS) is 19.6. The lowest BCUT2D eigenvalue weighted by Crippen LogP contribution is -2.46. The minimum absolute atomic E-state index is 0.0237. The highest BCUT2D eigenvalue weighted by molar-refractivity contribution is 5.80. The Hall–Kier alpha value is -1.70. The molecule has 1 aliphatic heterocycles. The van der Waals surface area contributed by atoms with Crippen molar-refractivity contribution in [3.05, 3.63) is 24.2 Å². The highest BCUT2D eigenvalue weighted by Gasteiger charge is 2.34. The first kappa shape index (κ1) is 19.6. The largest absolute Gasteiger partial charge is 0.469 e. The van der Waals surface area contributed by atoms with Gasteiger partial charge >= 0.3 is 6.18 Å². The smallest absolute Gasteiger partial charge is 0.401 e. The van der Waals surface area contributed by atoms with Crippen LogP contribution in [-0.4, -0.2) is 55.8 Å². The zero-order chi connectivity index (χ0) is 18.3. The number of furan rings is 1. The zero-order valence-electron chi connectivity index (χ0n) is 14.8. The lowest BCUT2D eigenvalue weighted by Gasteiger charge is -2.20. The third-order valence-electron chi connectivity index (χ3n) is 3.87. The van der Waals surface area contributed by atoms with Crippen molar-refractivity contribution in [1.29, 1.82) is 0 Å². The SMILES string of the molecule is CC(C)CN=C(NCCc1ccco1)NC1CCN(CC(F)(F)F)C1. The Morgan fingerprint density at radius 2 is 2.24 bits per heavy atom. The van der Waals surface area contributed by atoms with E-state index in [2.05, 4.69) is 29.5 Å². The Labute approximate surface area is 146 Å². The van der Waals surface area contributed by atoms with E-state index < -0.39 is 12.7 Å². The fraction of sp³-hybridized carbons (Fsp3) is 0.706. The zero-order valence-corrected chi connectivity index (χ0v) is 14.8. The minimum Gasteiger partial charge on any atom is -0.469 e. The van der Waals surface area contributed by atoms with Gasteiger partial charge in [-0.15, -0.1) is 0 Å². The Kier molecular flexibility index (Phi) is 7.16. The van der Waals surface area contributed by atoms with Crippen molar-refractivity contribution in [3.8, 4) is 0 Å². The quantitative estimate of drug-likeness (QED) is 0.580. The van der Waals surface area contributed by atoms with Gasteiger partial charge < -0.3 is 15.1 Å². The van der Waals surface area contributed by atoms with Crippen molar-refractivity contribution in [3.63, 3.8) is 0 Å². The molecule has 1 unspecified atom stereocenters. The van der Waals surface area contributed by atoms with Gasteiger partial charge in [0.05, 0.1) is 12.8 Å². The van der Waals surface area contributed by atoms with Gasteiger partial charge in [0.15, 0.2) is 5.96 Å². The topological polar surface area (TPSA) is 52.8 Å². The predicted octanol–water partition coefficient (Wildman–Crippen LogP) is 2.65. The number of alkyl halides is 3. The van der Waals surface area contributed by atoms with E-state index in [1.165, 1.54) is 4.90 Å². The summed E-state index contributed by atoms with van der Waals surface area (Å²) >= 11 is 0. The van der Waals surface area contributed by atoms with Crippen LogP contribution >= 0.6 is 0 Å². The van der Waals surface area contributed by atoms with Crippen molar-refractivity contribution in [1.82, 2.24) is 15.5 Å². The average molecular weight is 360 g/mol. The molecule has 0 amide bonds. The third kappa shape index (κ3) is 7.81. The van der Waals surface area contributed by atoms with Crippen LogP contribution in [0.15, 0.2) is 27.8 Å². The second kappa shape index (κ2) is 9.12. The van der Waals surface area contributed by atoms with E-state index >= 15 is 0 Å². The number of hydrogen-bond acceptors (Lipinski definition) is 3. The molecule has 1 atom stereocenters. The van der Waals surface area contributed by atoms with Crippen LogP contribution < -0.4 is 10.6 Å². The molecule has 2 heterocycles. The fourth-order valence-electron chi connectivity index (χ4n) is 2.73. The number of hydrogen-bond donors (Lipinski definition) is 2. The van der Waals surface area contributed by atoms with Crippen LogP contribution in [-0.2, 0) is 6.42 Å². The summed E-state index contributed by atoms with van der Waals surface area (Å²) in [6.07, 6.45) is -1.11. The summed E-state index contributed by atoms with van der Waals surface area (Å²) in [6, 6.07) is 3.73. The molecule has 25 heavy (non-hydrogen) atoms. The average Bonchev–Trinajstić information content (AvgIpc) is 3.15. The van der Waals surface area contributed by atoms with E-state index in [-0.39, 0.29) is 6.04 Å². The number of rotatable bonds is 7. The van der Waals surface area contributed by atoms with Gasteiger partial charge in [0, 0.05) is 38.6 Å². The van der Waals surface area contributed by atoms with E-state index in [0.717, 1.165) is 12.2 Å². The molecule has 0 aromatic carbocycles. The maximum atomic E-state index is 12.5. The van der Waals surface area contributed by atoms with Gasteiger partial charge in [-0.3, -0.25) is 9.89 Å². The van der Waals surface area contributed by atoms with E-state index in [1.54, 1.807) is 6.26 Å². The number of likely N-dealkylation sites (tertiary alicyclic amines) is 1. The second-order valence-electron chi connectivity index (χ2n) is 6.82. The maximum absolute atomic E-state index is 12.5.